The normalized spacial score (nSPS) is 14.0. The van der Waals surface area contributed by atoms with Crippen molar-refractivity contribution in [3.05, 3.63) is 95.0 Å². The van der Waals surface area contributed by atoms with Gasteiger partial charge in [0.1, 0.15) is 0 Å². The van der Waals surface area contributed by atoms with Crippen LogP contribution in [-0.4, -0.2) is 30.4 Å². The topological polar surface area (TPSA) is 101 Å². The summed E-state index contributed by atoms with van der Waals surface area (Å²) in [5, 5.41) is 0.321. The Balaban J connectivity index is 1.41. The summed E-state index contributed by atoms with van der Waals surface area (Å²) in [6, 6.07) is 20.4. The highest BCUT2D eigenvalue weighted by Gasteiger charge is 2.22. The fourth-order valence-corrected chi connectivity index (χ4v) is 5.11. The minimum atomic E-state index is -3.89. The highest BCUT2D eigenvalue weighted by atomic mass is 32.2. The van der Waals surface area contributed by atoms with Gasteiger partial charge in [0.2, 0.25) is 5.91 Å². The largest absolute Gasteiger partial charge is 0.312 e. The lowest BCUT2D eigenvalue weighted by atomic mass is 10.2. The van der Waals surface area contributed by atoms with Crippen molar-refractivity contribution in [2.45, 2.75) is 24.3 Å². The first-order valence-corrected chi connectivity index (χ1v) is 12.4. The molecule has 0 radical (unpaired) electrons. The molecule has 2 heterocycles. The summed E-state index contributed by atoms with van der Waals surface area (Å²) in [6.07, 6.45) is 2.80. The van der Waals surface area contributed by atoms with Crippen molar-refractivity contribution in [2.24, 2.45) is 0 Å². The third-order valence-electron chi connectivity index (χ3n) is 5.80. The maximum Gasteiger partial charge on any atom is 0.261 e. The zero-order chi connectivity index (χ0) is 23.7. The van der Waals surface area contributed by atoms with Crippen LogP contribution >= 0.6 is 0 Å². The van der Waals surface area contributed by atoms with E-state index in [9.17, 15) is 18.0 Å². The fraction of sp³-hybridized carbons (Fsp3) is 0.160. The number of benzene rings is 3. The van der Waals surface area contributed by atoms with Crippen molar-refractivity contribution in [3.8, 4) is 0 Å². The number of aromatic nitrogens is 2. The maximum atomic E-state index is 13.0. The highest BCUT2D eigenvalue weighted by molar-refractivity contribution is 7.92. The lowest BCUT2D eigenvalue weighted by molar-refractivity contribution is -0.117. The number of nitrogens with zero attached hydrogens (tertiary/aromatic N) is 3. The molecule has 1 fully saturated rings. The first-order chi connectivity index (χ1) is 16.4. The molecule has 1 aliphatic rings. The summed E-state index contributed by atoms with van der Waals surface area (Å²) in [6.45, 7) is 1.00. The van der Waals surface area contributed by atoms with Crippen molar-refractivity contribution >= 4 is 38.2 Å². The molecule has 1 amide bonds. The molecule has 34 heavy (non-hydrogen) atoms. The standard InChI is InChI=1S/C25H22N4O4S/c30-24-7-4-14-29(24)20-9-11-21(12-10-20)34(32,33)27-19-8-13-23-22(15-19)25(31)28(17-26-23)16-18-5-2-1-3-6-18/h1-3,5-6,8-13,15,17,27H,4,7,14,16H2. The van der Waals surface area contributed by atoms with Gasteiger partial charge in [-0.25, -0.2) is 13.4 Å². The van der Waals surface area contributed by atoms with Crippen LogP contribution in [0.15, 0.2) is 88.8 Å². The van der Waals surface area contributed by atoms with Crippen LogP contribution < -0.4 is 15.2 Å². The molecule has 4 aromatic rings. The molecule has 0 spiro atoms. The second kappa shape index (κ2) is 8.75. The van der Waals surface area contributed by atoms with Crippen LogP contribution in [0.5, 0.6) is 0 Å². The van der Waals surface area contributed by atoms with Crippen LogP contribution in [0.3, 0.4) is 0 Å². The molecule has 1 aromatic heterocycles. The average Bonchev–Trinajstić information content (AvgIpc) is 3.27. The van der Waals surface area contributed by atoms with Gasteiger partial charge in [0.05, 0.1) is 28.7 Å². The number of rotatable bonds is 6. The minimum absolute atomic E-state index is 0.0384. The number of amides is 1. The molecule has 1 aliphatic heterocycles. The van der Waals surface area contributed by atoms with E-state index in [4.69, 9.17) is 0 Å². The Morgan fingerprint density at radius 2 is 1.71 bits per heavy atom. The lowest BCUT2D eigenvalue weighted by Crippen LogP contribution is -2.23. The van der Waals surface area contributed by atoms with Gasteiger partial charge in [-0.05, 0) is 54.4 Å². The van der Waals surface area contributed by atoms with Gasteiger partial charge in [-0.3, -0.25) is 18.9 Å². The summed E-state index contributed by atoms with van der Waals surface area (Å²) in [4.78, 5) is 31.0. The van der Waals surface area contributed by atoms with Crippen molar-refractivity contribution < 1.29 is 13.2 Å². The number of anilines is 2. The number of fused-ring (bicyclic) bond motifs is 1. The molecule has 8 nitrogen and oxygen atoms in total. The second-order valence-electron chi connectivity index (χ2n) is 8.14. The molecule has 1 N–H and O–H groups in total. The van der Waals surface area contributed by atoms with Crippen LogP contribution in [0, 0.1) is 0 Å². The van der Waals surface area contributed by atoms with Gasteiger partial charge < -0.3 is 4.90 Å². The van der Waals surface area contributed by atoms with E-state index in [1.54, 1.807) is 29.2 Å². The Morgan fingerprint density at radius 3 is 2.41 bits per heavy atom. The van der Waals surface area contributed by atoms with Gasteiger partial charge in [0.25, 0.3) is 15.6 Å². The van der Waals surface area contributed by atoms with Crippen molar-refractivity contribution in [1.82, 2.24) is 9.55 Å². The molecule has 172 valence electrons. The number of hydrogen-bond acceptors (Lipinski definition) is 5. The van der Waals surface area contributed by atoms with E-state index in [1.165, 1.54) is 29.1 Å². The van der Waals surface area contributed by atoms with Gasteiger partial charge in [0, 0.05) is 24.3 Å². The Bertz CT molecular complexity index is 1530. The third-order valence-corrected chi connectivity index (χ3v) is 7.20. The van der Waals surface area contributed by atoms with E-state index in [0.717, 1.165) is 12.0 Å². The molecule has 0 atom stereocenters. The predicted molar refractivity (Wildman–Crippen MR) is 130 cm³/mol. The van der Waals surface area contributed by atoms with Crippen LogP contribution in [0.4, 0.5) is 11.4 Å². The quantitative estimate of drug-likeness (QED) is 0.462. The minimum Gasteiger partial charge on any atom is -0.312 e. The molecule has 0 bridgehead atoms. The van der Waals surface area contributed by atoms with E-state index >= 15 is 0 Å². The van der Waals surface area contributed by atoms with Crippen LogP contribution in [0.1, 0.15) is 18.4 Å². The number of carbonyl (C=O) groups excluding carboxylic acids is 1. The molecule has 0 unspecified atom stereocenters. The first-order valence-electron chi connectivity index (χ1n) is 10.9. The number of sulfonamides is 1. The summed E-state index contributed by atoms with van der Waals surface area (Å²) < 4.78 is 29.9. The van der Waals surface area contributed by atoms with E-state index < -0.39 is 10.0 Å². The zero-order valence-corrected chi connectivity index (χ0v) is 19.0. The maximum absolute atomic E-state index is 13.0. The van der Waals surface area contributed by atoms with Crippen molar-refractivity contribution in [3.63, 3.8) is 0 Å². The number of hydrogen-bond donors (Lipinski definition) is 1. The zero-order valence-electron chi connectivity index (χ0n) is 18.2. The fourth-order valence-electron chi connectivity index (χ4n) is 4.06. The molecule has 1 saturated heterocycles. The Hall–Kier alpha value is -3.98. The van der Waals surface area contributed by atoms with Gasteiger partial charge in [0.15, 0.2) is 0 Å². The number of nitrogens with one attached hydrogen (secondary N) is 1. The second-order valence-corrected chi connectivity index (χ2v) is 9.83. The van der Waals surface area contributed by atoms with Crippen LogP contribution in [0.2, 0.25) is 0 Å². The summed E-state index contributed by atoms with van der Waals surface area (Å²) in [5.74, 6) is 0.0384. The summed E-state index contributed by atoms with van der Waals surface area (Å²) in [5.41, 5.74) is 2.13. The van der Waals surface area contributed by atoms with Crippen LogP contribution in [0.25, 0.3) is 10.9 Å². The highest BCUT2D eigenvalue weighted by Crippen LogP contribution is 2.24. The van der Waals surface area contributed by atoms with Gasteiger partial charge in [-0.15, -0.1) is 0 Å². The van der Waals surface area contributed by atoms with E-state index in [-0.39, 0.29) is 22.0 Å². The SMILES string of the molecule is O=C1CCCN1c1ccc(S(=O)(=O)Nc2ccc3ncn(Cc4ccccc4)c(=O)c3c2)cc1. The molecule has 5 rings (SSSR count). The monoisotopic (exact) mass is 474 g/mol. The molecular formula is C25H22N4O4S. The Kier molecular flexibility index (Phi) is 5.62. The van der Waals surface area contributed by atoms with E-state index in [1.807, 2.05) is 30.3 Å². The molecule has 9 heteroatoms. The molecular weight excluding hydrogens is 452 g/mol. The Labute approximate surface area is 196 Å². The van der Waals surface area contributed by atoms with E-state index in [0.29, 0.717) is 36.1 Å². The summed E-state index contributed by atoms with van der Waals surface area (Å²) >= 11 is 0. The van der Waals surface area contributed by atoms with Crippen molar-refractivity contribution in [1.29, 1.82) is 0 Å². The summed E-state index contributed by atoms with van der Waals surface area (Å²) in [7, 11) is -3.89. The molecule has 0 saturated carbocycles. The lowest BCUT2D eigenvalue weighted by Gasteiger charge is -2.16. The van der Waals surface area contributed by atoms with E-state index in [2.05, 4.69) is 9.71 Å². The first kappa shape index (κ1) is 21.8. The number of carbonyl (C=O) groups is 1. The van der Waals surface area contributed by atoms with Gasteiger partial charge in [-0.1, -0.05) is 30.3 Å². The predicted octanol–water partition coefficient (Wildman–Crippen LogP) is 3.37. The van der Waals surface area contributed by atoms with Crippen LogP contribution in [-0.2, 0) is 21.4 Å². The van der Waals surface area contributed by atoms with Gasteiger partial charge in [-0.2, -0.15) is 0 Å². The molecule has 3 aromatic carbocycles. The van der Waals surface area contributed by atoms with Crippen molar-refractivity contribution in [2.75, 3.05) is 16.2 Å². The smallest absolute Gasteiger partial charge is 0.261 e. The average molecular weight is 475 g/mol. The molecule has 0 aliphatic carbocycles. The Morgan fingerprint density at radius 1 is 0.941 bits per heavy atom. The van der Waals surface area contributed by atoms with Gasteiger partial charge >= 0.3 is 0 Å². The third kappa shape index (κ3) is 4.29.